The van der Waals surface area contributed by atoms with E-state index in [4.69, 9.17) is 37.0 Å². The fraction of sp³-hybridized carbons (Fsp3) is 0.647. The van der Waals surface area contributed by atoms with Crippen LogP contribution in [0, 0.1) is 0 Å². The van der Waals surface area contributed by atoms with Crippen LogP contribution < -0.4 is 0 Å². The monoisotopic (exact) mass is 1490 g/mol. The molecule has 0 aromatic rings. The van der Waals surface area contributed by atoms with Gasteiger partial charge in [-0.3, -0.25) is 37.3 Å². The number of phosphoric acid groups is 2. The van der Waals surface area contributed by atoms with Gasteiger partial charge in [-0.2, -0.15) is 0 Å². The molecule has 0 saturated carbocycles. The Morgan fingerprint density at radius 1 is 0.279 bits per heavy atom. The first-order chi connectivity index (χ1) is 50.7. The first-order valence-electron chi connectivity index (χ1n) is 39.7. The van der Waals surface area contributed by atoms with Crippen LogP contribution in [0.3, 0.4) is 0 Å². The maximum Gasteiger partial charge on any atom is 0.472 e. The molecular formula is C85H140O17P2. The van der Waals surface area contributed by atoms with Gasteiger partial charge in [0.15, 0.2) is 12.2 Å². The molecule has 0 spiro atoms. The lowest BCUT2D eigenvalue weighted by Gasteiger charge is -2.21. The molecule has 3 N–H and O–H groups in total. The zero-order valence-corrected chi connectivity index (χ0v) is 66.4. The number of aliphatic hydroxyl groups is 1. The van der Waals surface area contributed by atoms with E-state index in [1.807, 2.05) is 0 Å². The molecule has 0 aromatic heterocycles. The Morgan fingerprint density at radius 3 is 0.779 bits per heavy atom. The third-order valence-electron chi connectivity index (χ3n) is 16.0. The number of allylic oxidation sites excluding steroid dienone is 26. The molecule has 17 nitrogen and oxygen atoms in total. The fourth-order valence-electron chi connectivity index (χ4n) is 10.1. The molecule has 0 aromatic carbocycles. The van der Waals surface area contributed by atoms with Gasteiger partial charge in [0.25, 0.3) is 0 Å². The van der Waals surface area contributed by atoms with E-state index in [9.17, 15) is 43.2 Å². The van der Waals surface area contributed by atoms with Crippen molar-refractivity contribution in [3.63, 3.8) is 0 Å². The van der Waals surface area contributed by atoms with Crippen LogP contribution in [0.5, 0.6) is 0 Å². The van der Waals surface area contributed by atoms with Crippen molar-refractivity contribution >= 4 is 39.5 Å². The van der Waals surface area contributed by atoms with Gasteiger partial charge < -0.3 is 33.8 Å². The number of rotatable bonds is 73. The zero-order valence-electron chi connectivity index (χ0n) is 64.6. The summed E-state index contributed by atoms with van der Waals surface area (Å²) in [5, 5.41) is 10.6. The van der Waals surface area contributed by atoms with Crippen molar-refractivity contribution in [2.24, 2.45) is 0 Å². The summed E-state index contributed by atoms with van der Waals surface area (Å²) in [5.74, 6) is -2.27. The highest BCUT2D eigenvalue weighted by Gasteiger charge is 2.30. The van der Waals surface area contributed by atoms with Crippen LogP contribution >= 0.6 is 15.6 Å². The molecule has 5 unspecified atom stereocenters. The van der Waals surface area contributed by atoms with E-state index in [2.05, 4.69) is 186 Å². The summed E-state index contributed by atoms with van der Waals surface area (Å²) in [7, 11) is -9.99. The molecule has 0 aliphatic carbocycles. The van der Waals surface area contributed by atoms with Gasteiger partial charge in [-0.15, -0.1) is 0 Å². The van der Waals surface area contributed by atoms with Crippen molar-refractivity contribution in [1.29, 1.82) is 0 Å². The summed E-state index contributed by atoms with van der Waals surface area (Å²) in [4.78, 5) is 73.0. The molecular weight excluding hydrogens is 1350 g/mol. The van der Waals surface area contributed by atoms with Gasteiger partial charge in [-0.05, 0) is 148 Å². The minimum absolute atomic E-state index is 0.0625. The third-order valence-corrected chi connectivity index (χ3v) is 17.9. The first kappa shape index (κ1) is 98.7. The summed E-state index contributed by atoms with van der Waals surface area (Å²) in [5.41, 5.74) is 0. The second-order valence-electron chi connectivity index (χ2n) is 25.9. The first-order valence-corrected chi connectivity index (χ1v) is 42.7. The van der Waals surface area contributed by atoms with E-state index < -0.39 is 97.5 Å². The number of unbranched alkanes of at least 4 members (excludes halogenated alkanes) is 21. The Kier molecular flexibility index (Phi) is 72.0. The fourth-order valence-corrected chi connectivity index (χ4v) is 11.6. The van der Waals surface area contributed by atoms with E-state index in [1.165, 1.54) is 38.5 Å². The van der Waals surface area contributed by atoms with E-state index in [-0.39, 0.29) is 25.7 Å². The molecule has 0 rings (SSSR count). The smallest absolute Gasteiger partial charge is 0.462 e. The average molecular weight is 1500 g/mol. The van der Waals surface area contributed by atoms with E-state index in [0.29, 0.717) is 25.7 Å². The lowest BCUT2D eigenvalue weighted by atomic mass is 10.1. The van der Waals surface area contributed by atoms with Crippen LogP contribution in [0.15, 0.2) is 158 Å². The molecule has 0 aliphatic rings. The van der Waals surface area contributed by atoms with E-state index in [0.717, 1.165) is 180 Å². The molecule has 0 radical (unpaired) electrons. The number of hydrogen-bond donors (Lipinski definition) is 3. The minimum atomic E-state index is -5.00. The Morgan fingerprint density at radius 2 is 0.500 bits per heavy atom. The Labute approximate surface area is 629 Å². The molecule has 0 amide bonds. The van der Waals surface area contributed by atoms with Gasteiger partial charge >= 0.3 is 39.5 Å². The van der Waals surface area contributed by atoms with Gasteiger partial charge in [-0.25, -0.2) is 9.13 Å². The van der Waals surface area contributed by atoms with Crippen LogP contribution in [-0.2, 0) is 65.4 Å². The molecule has 104 heavy (non-hydrogen) atoms. The number of phosphoric ester groups is 2. The highest BCUT2D eigenvalue weighted by Crippen LogP contribution is 2.45. The van der Waals surface area contributed by atoms with Gasteiger partial charge in [0.2, 0.25) is 0 Å². The Hall–Kier alpha value is -5.32. The zero-order chi connectivity index (χ0) is 76.0. The number of carbonyl (C=O) groups is 4. The molecule has 0 heterocycles. The molecule has 19 heteroatoms. The second kappa shape index (κ2) is 75.9. The Balaban J connectivity index is 5.40. The van der Waals surface area contributed by atoms with Crippen LogP contribution in [0.1, 0.15) is 297 Å². The molecule has 0 fully saturated rings. The molecule has 0 saturated heterocycles. The van der Waals surface area contributed by atoms with Crippen molar-refractivity contribution < 1.29 is 80.2 Å². The van der Waals surface area contributed by atoms with Crippen molar-refractivity contribution in [1.82, 2.24) is 0 Å². The largest absolute Gasteiger partial charge is 0.472 e. The predicted molar refractivity (Wildman–Crippen MR) is 427 cm³/mol. The standard InChI is InChI=1S/C85H140O17P2/c1-5-9-13-17-21-25-29-32-35-37-39-41-44-46-50-53-57-61-65-69-82(87)95-75-80(101-84(89)71-67-63-59-55-49-28-24-20-16-12-8-4)77-99-103(91,92)97-73-79(86)74-98-104(93,94)100-78-81(102-85(90)72-68-64-60-56-52-48-43-34-31-27-23-19-15-11-7-3)76-96-83(88)70-66-62-58-54-51-47-45-42-40-38-36-33-30-26-22-18-14-10-6-2/h9-11,13-15,21-23,25-27,32-36,39-43,46-47,50-51,79-81,86H,5-8,12,16-20,24,28-31,37-38,44-45,48-49,52-78H2,1-4H3,(H,91,92)(H,93,94)/b13-9-,14-10-,15-11-,25-21-,26-22-,27-23-,35-32-,36-33-,41-39-,42-40-,43-34-,50-46-,51-47-. The van der Waals surface area contributed by atoms with Crippen molar-refractivity contribution in [3.8, 4) is 0 Å². The van der Waals surface area contributed by atoms with Crippen LogP contribution in [0.25, 0.3) is 0 Å². The number of esters is 4. The molecule has 0 aliphatic heterocycles. The normalized spacial score (nSPS) is 14.7. The lowest BCUT2D eigenvalue weighted by molar-refractivity contribution is -0.161. The van der Waals surface area contributed by atoms with Gasteiger partial charge in [0.05, 0.1) is 26.4 Å². The van der Waals surface area contributed by atoms with Crippen LogP contribution in [0.2, 0.25) is 0 Å². The van der Waals surface area contributed by atoms with Crippen LogP contribution in [0.4, 0.5) is 0 Å². The van der Waals surface area contributed by atoms with Crippen LogP contribution in [-0.4, -0.2) is 96.7 Å². The summed E-state index contributed by atoms with van der Waals surface area (Å²) in [6.45, 7) is 4.43. The summed E-state index contributed by atoms with van der Waals surface area (Å²) in [6.07, 6.45) is 88.0. The second-order valence-corrected chi connectivity index (χ2v) is 28.8. The molecule has 0 bridgehead atoms. The quantitative estimate of drug-likeness (QED) is 0.0169. The molecule has 5 atom stereocenters. The van der Waals surface area contributed by atoms with Gasteiger partial charge in [0, 0.05) is 25.7 Å². The van der Waals surface area contributed by atoms with Crippen molar-refractivity contribution in [3.05, 3.63) is 158 Å². The highest BCUT2D eigenvalue weighted by atomic mass is 31.2. The van der Waals surface area contributed by atoms with Gasteiger partial charge in [0.1, 0.15) is 19.3 Å². The number of hydrogen-bond acceptors (Lipinski definition) is 15. The predicted octanol–water partition coefficient (Wildman–Crippen LogP) is 23.2. The minimum Gasteiger partial charge on any atom is -0.462 e. The van der Waals surface area contributed by atoms with Crippen molar-refractivity contribution in [2.45, 2.75) is 316 Å². The van der Waals surface area contributed by atoms with E-state index in [1.54, 1.807) is 0 Å². The Bertz CT molecular complexity index is 2590. The summed E-state index contributed by atoms with van der Waals surface area (Å²) >= 11 is 0. The number of ether oxygens (including phenoxy) is 4. The third kappa shape index (κ3) is 74.9. The maximum absolute atomic E-state index is 13.1. The molecule has 592 valence electrons. The lowest BCUT2D eigenvalue weighted by Crippen LogP contribution is -2.30. The summed E-state index contributed by atoms with van der Waals surface area (Å²) in [6, 6.07) is 0. The maximum atomic E-state index is 13.1. The topological polar surface area (TPSA) is 237 Å². The summed E-state index contributed by atoms with van der Waals surface area (Å²) < 4.78 is 68.5. The van der Waals surface area contributed by atoms with Gasteiger partial charge in [-0.1, -0.05) is 282 Å². The van der Waals surface area contributed by atoms with Crippen molar-refractivity contribution in [2.75, 3.05) is 39.6 Å². The number of aliphatic hydroxyl groups excluding tert-OH is 1. The highest BCUT2D eigenvalue weighted by molar-refractivity contribution is 7.47. The number of carbonyl (C=O) groups excluding carboxylic acids is 4. The average Bonchev–Trinajstić information content (AvgIpc) is 0.929. The SMILES string of the molecule is CC/C=C\C/C=C\C/C=C\C/C=C\C/C=C\CCCCCC(=O)OCC(COP(=O)(O)OCC(O)COP(=O)(O)OCC(COC(=O)CCCCC/C=C\C/C=C\C/C=C\C/C=C\C/C=C\CC)OC(=O)CCCCCCCCCCCCC)OC(=O)CCCCCCC/C=C\C/C=C\C/C=C\CC. The van der Waals surface area contributed by atoms with E-state index >= 15 is 0 Å².